The molecule has 0 spiro atoms. The molecule has 274 valence electrons. The number of amides is 1. The minimum atomic E-state index is -4.60. The Bertz CT molecular complexity index is 1990. The summed E-state index contributed by atoms with van der Waals surface area (Å²) < 4.78 is 75.1. The number of alkyl halides is 5. The first-order chi connectivity index (χ1) is 24.4. The van der Waals surface area contributed by atoms with Gasteiger partial charge in [0.15, 0.2) is 17.3 Å². The van der Waals surface area contributed by atoms with Crippen molar-refractivity contribution in [3.8, 4) is 16.9 Å². The largest absolute Gasteiger partial charge is 0.463 e. The third-order valence-electron chi connectivity index (χ3n) is 9.24. The van der Waals surface area contributed by atoms with Crippen molar-refractivity contribution in [3.05, 3.63) is 95.2 Å². The molecule has 1 saturated carbocycles. The first kappa shape index (κ1) is 36.9. The third kappa shape index (κ3) is 7.10. The fraction of sp³-hybridized carbons (Fsp3) is 0.389. The Hall–Kier alpha value is -4.92. The van der Waals surface area contributed by atoms with Crippen LogP contribution in [-0.4, -0.2) is 55.3 Å². The van der Waals surface area contributed by atoms with Crippen molar-refractivity contribution < 1.29 is 36.3 Å². The molecule has 1 aliphatic heterocycles. The lowest BCUT2D eigenvalue weighted by Crippen LogP contribution is -2.47. The van der Waals surface area contributed by atoms with E-state index in [0.717, 1.165) is 21.5 Å². The summed E-state index contributed by atoms with van der Waals surface area (Å²) in [6.07, 6.45) is -6.18. The zero-order chi connectivity index (χ0) is 37.6. The van der Waals surface area contributed by atoms with Crippen LogP contribution in [0.1, 0.15) is 75.9 Å². The van der Waals surface area contributed by atoms with E-state index in [0.29, 0.717) is 11.3 Å². The fourth-order valence-corrected chi connectivity index (χ4v) is 6.74. The van der Waals surface area contributed by atoms with Crippen molar-refractivity contribution in [1.29, 1.82) is 0 Å². The molecule has 2 N–H and O–H groups in total. The number of pyridine rings is 1. The average molecular weight is 744 g/mol. The van der Waals surface area contributed by atoms with E-state index in [1.807, 2.05) is 45.0 Å². The molecule has 1 fully saturated rings. The van der Waals surface area contributed by atoms with Gasteiger partial charge in [0, 0.05) is 11.8 Å². The van der Waals surface area contributed by atoms with Gasteiger partial charge in [-0.15, -0.1) is 0 Å². The highest BCUT2D eigenvalue weighted by atomic mass is 35.5. The second kappa shape index (κ2) is 13.6. The lowest BCUT2D eigenvalue weighted by atomic mass is 9.75. The molecule has 6 rings (SSSR count). The molecule has 1 aliphatic carbocycles. The van der Waals surface area contributed by atoms with Crippen LogP contribution in [0.15, 0.2) is 78.2 Å². The third-order valence-corrected chi connectivity index (χ3v) is 9.56. The second-order valence-electron chi connectivity index (χ2n) is 14.2. The lowest BCUT2D eigenvalue weighted by molar-refractivity contribution is -0.195. The highest BCUT2D eigenvalue weighted by Crippen LogP contribution is 2.60. The van der Waals surface area contributed by atoms with E-state index in [2.05, 4.69) is 15.1 Å². The van der Waals surface area contributed by atoms with Crippen molar-refractivity contribution in [2.75, 3.05) is 6.61 Å². The molecular formula is C36H35ClF5N7O3. The van der Waals surface area contributed by atoms with Gasteiger partial charge >= 0.3 is 12.1 Å². The zero-order valence-electron chi connectivity index (χ0n) is 28.4. The van der Waals surface area contributed by atoms with Crippen molar-refractivity contribution in [1.82, 2.24) is 24.6 Å². The number of carbonyl (C=O) groups is 2. The van der Waals surface area contributed by atoms with Crippen molar-refractivity contribution in [2.45, 2.75) is 70.6 Å². The molecule has 0 radical (unpaired) electrons. The minimum Gasteiger partial charge on any atom is -0.463 e. The molecule has 2 atom stereocenters. The van der Waals surface area contributed by atoms with Crippen molar-refractivity contribution in [2.24, 2.45) is 21.6 Å². The van der Waals surface area contributed by atoms with Gasteiger partial charge in [0.05, 0.1) is 34.3 Å². The molecule has 52 heavy (non-hydrogen) atoms. The van der Waals surface area contributed by atoms with Gasteiger partial charge in [-0.3, -0.25) is 19.5 Å². The summed E-state index contributed by atoms with van der Waals surface area (Å²) in [6.45, 7) is 5.14. The zero-order valence-corrected chi connectivity index (χ0v) is 29.1. The maximum atomic E-state index is 14.9. The number of rotatable bonds is 11. The van der Waals surface area contributed by atoms with Crippen LogP contribution in [0, 0.1) is 10.8 Å². The summed E-state index contributed by atoms with van der Waals surface area (Å²) in [5.74, 6) is -2.67. The van der Waals surface area contributed by atoms with E-state index in [4.69, 9.17) is 27.1 Å². The van der Waals surface area contributed by atoms with Crippen molar-refractivity contribution in [3.63, 3.8) is 0 Å². The number of carbonyl (C=O) groups excluding carboxylic acids is 2. The molecule has 0 saturated heterocycles. The number of hydrogen-bond acceptors (Lipinski definition) is 8. The highest BCUT2D eigenvalue weighted by molar-refractivity contribution is 6.32. The predicted octanol–water partition coefficient (Wildman–Crippen LogP) is 7.73. The topological polar surface area (TPSA) is 129 Å². The molecule has 10 nitrogen and oxygen atoms in total. The van der Waals surface area contributed by atoms with Crippen LogP contribution in [-0.2, 0) is 19.9 Å². The molecule has 0 unspecified atom stereocenters. The van der Waals surface area contributed by atoms with Gasteiger partial charge in [-0.2, -0.15) is 18.3 Å². The quantitative estimate of drug-likeness (QED) is 0.123. The number of esters is 1. The van der Waals surface area contributed by atoms with Crippen LogP contribution in [0.4, 0.5) is 22.0 Å². The molecule has 2 aliphatic rings. The standard InChI is InChI=1S/C36H35ClF5N7O3/c1-33(2,3)19-35(23-10-7-21(8-11-23)25-6-4-5-15-44-25)31(51)48(32(43)47-35)27(18-52-28(50)17-34(13-14-34)36(40,41)42)22-9-12-24(37)26(16-22)49-30(29(38)39)45-20-46-49/h4-12,15-16,20,27,29H,13-14,17-19H2,1-3H3,(H2,43,47)/t27-,35-/m1/s1. The Balaban J connectivity index is 1.41. The van der Waals surface area contributed by atoms with E-state index in [1.165, 1.54) is 18.2 Å². The van der Waals surface area contributed by atoms with Gasteiger partial charge in [-0.1, -0.05) is 68.8 Å². The summed E-state index contributed by atoms with van der Waals surface area (Å²) in [5.41, 5.74) is 4.52. The SMILES string of the molecule is CC(C)(C)C[C@]1(c2ccc(-c3ccccn3)cc2)N=C(N)N([C@H](COC(=O)CC2(C(F)(F)F)CC2)c2ccc(Cl)c(-n3ncnc3C(F)F)c2)C1=O. The van der Waals surface area contributed by atoms with Crippen LogP contribution in [0.5, 0.6) is 0 Å². The number of benzene rings is 2. The number of nitrogens with zero attached hydrogens (tertiary/aromatic N) is 6. The second-order valence-corrected chi connectivity index (χ2v) is 14.6. The molecule has 16 heteroatoms. The van der Waals surface area contributed by atoms with Gasteiger partial charge in [0.25, 0.3) is 12.3 Å². The van der Waals surface area contributed by atoms with Crippen LogP contribution in [0.2, 0.25) is 5.02 Å². The normalized spacial score (nSPS) is 19.2. The van der Waals surface area contributed by atoms with Gasteiger partial charge < -0.3 is 10.5 Å². The summed E-state index contributed by atoms with van der Waals surface area (Å²) >= 11 is 6.43. The van der Waals surface area contributed by atoms with E-state index < -0.39 is 65.7 Å². The Morgan fingerprint density at radius 2 is 1.75 bits per heavy atom. The Morgan fingerprint density at radius 3 is 2.35 bits per heavy atom. The van der Waals surface area contributed by atoms with Gasteiger partial charge in [-0.05, 0) is 60.1 Å². The van der Waals surface area contributed by atoms with E-state index in [9.17, 15) is 31.5 Å². The van der Waals surface area contributed by atoms with E-state index >= 15 is 0 Å². The van der Waals surface area contributed by atoms with E-state index in [-0.39, 0.29) is 41.5 Å². The Labute approximate surface area is 300 Å². The molecule has 0 bridgehead atoms. The number of aromatic nitrogens is 4. The Kier molecular flexibility index (Phi) is 9.62. The maximum Gasteiger partial charge on any atom is 0.395 e. The summed E-state index contributed by atoms with van der Waals surface area (Å²) in [5, 5.41) is 3.89. The molecule has 2 aromatic carbocycles. The van der Waals surface area contributed by atoms with E-state index in [1.54, 1.807) is 24.4 Å². The molecule has 3 heterocycles. The monoisotopic (exact) mass is 743 g/mol. The van der Waals surface area contributed by atoms with Crippen LogP contribution >= 0.6 is 11.6 Å². The van der Waals surface area contributed by atoms with Crippen molar-refractivity contribution >= 4 is 29.4 Å². The molecular weight excluding hydrogens is 709 g/mol. The summed E-state index contributed by atoms with van der Waals surface area (Å²) in [7, 11) is 0. The number of guanidine groups is 1. The highest BCUT2D eigenvalue weighted by Gasteiger charge is 2.64. The number of nitrogens with two attached hydrogens (primary N) is 1. The van der Waals surface area contributed by atoms with Crippen LogP contribution < -0.4 is 5.73 Å². The fourth-order valence-electron chi connectivity index (χ4n) is 6.54. The van der Waals surface area contributed by atoms with Crippen LogP contribution in [0.3, 0.4) is 0 Å². The lowest BCUT2D eigenvalue weighted by Gasteiger charge is -2.35. The number of halogens is 6. The van der Waals surface area contributed by atoms with Gasteiger partial charge in [0.2, 0.25) is 0 Å². The number of ether oxygens (including phenoxy) is 1. The smallest absolute Gasteiger partial charge is 0.395 e. The van der Waals surface area contributed by atoms with Gasteiger partial charge in [0.1, 0.15) is 12.9 Å². The number of aliphatic imine (C=N–C) groups is 1. The number of hydrogen-bond donors (Lipinski definition) is 1. The van der Waals surface area contributed by atoms with Gasteiger partial charge in [-0.25, -0.2) is 23.4 Å². The molecule has 2 aromatic heterocycles. The first-order valence-corrected chi connectivity index (χ1v) is 16.7. The van der Waals surface area contributed by atoms with Crippen LogP contribution in [0.25, 0.3) is 16.9 Å². The molecule has 1 amide bonds. The summed E-state index contributed by atoms with van der Waals surface area (Å²) in [4.78, 5) is 41.7. The summed E-state index contributed by atoms with van der Waals surface area (Å²) in [6, 6.07) is 15.5. The predicted molar refractivity (Wildman–Crippen MR) is 181 cm³/mol. The molecule has 4 aromatic rings. The average Bonchev–Trinajstić information content (AvgIpc) is 3.63. The Morgan fingerprint density at radius 1 is 1.04 bits per heavy atom. The maximum absolute atomic E-state index is 14.9. The first-order valence-electron chi connectivity index (χ1n) is 16.4. The minimum absolute atomic E-state index is 0.00258.